The van der Waals surface area contributed by atoms with Crippen molar-refractivity contribution >= 4 is 15.9 Å². The van der Waals surface area contributed by atoms with Crippen LogP contribution in [0, 0.1) is 23.6 Å². The summed E-state index contributed by atoms with van der Waals surface area (Å²) in [6, 6.07) is 4.43. The van der Waals surface area contributed by atoms with Gasteiger partial charge in [0.25, 0.3) is 0 Å². The quantitative estimate of drug-likeness (QED) is 0.598. The summed E-state index contributed by atoms with van der Waals surface area (Å²) in [6.07, 6.45) is 5.37. The zero-order valence-electron chi connectivity index (χ0n) is 18.3. The van der Waals surface area contributed by atoms with Gasteiger partial charge in [-0.2, -0.15) is 4.98 Å². The Morgan fingerprint density at radius 2 is 2.03 bits per heavy atom. The van der Waals surface area contributed by atoms with Gasteiger partial charge in [-0.05, 0) is 61.6 Å². The first-order valence-electron chi connectivity index (χ1n) is 10.9. The minimum atomic E-state index is -3.42. The van der Waals surface area contributed by atoms with E-state index in [1.54, 1.807) is 0 Å². The van der Waals surface area contributed by atoms with Gasteiger partial charge in [-0.15, -0.1) is 0 Å². The van der Waals surface area contributed by atoms with Crippen molar-refractivity contribution in [2.24, 2.45) is 17.8 Å². The fourth-order valence-electron chi connectivity index (χ4n) is 4.44. The van der Waals surface area contributed by atoms with Gasteiger partial charge in [0.2, 0.25) is 0 Å². The third kappa shape index (κ3) is 5.19. The van der Waals surface area contributed by atoms with Crippen LogP contribution in [0.4, 0.5) is 10.4 Å². The highest BCUT2D eigenvalue weighted by Gasteiger charge is 2.43. The molecular weight excluding hydrogens is 421 g/mol. The fourth-order valence-corrected chi connectivity index (χ4v) is 5.07. The number of piperidine rings is 1. The zero-order valence-corrected chi connectivity index (χ0v) is 19.1. The summed E-state index contributed by atoms with van der Waals surface area (Å²) in [7, 11) is -3.42. The zero-order chi connectivity index (χ0) is 22.2. The average Bonchev–Trinajstić information content (AvgIpc) is 3.31. The smallest absolute Gasteiger partial charge is 0.324 e. The largest absolute Gasteiger partial charge is 0.491 e. The van der Waals surface area contributed by atoms with Crippen molar-refractivity contribution in [3.8, 4) is 5.75 Å². The van der Waals surface area contributed by atoms with Crippen molar-refractivity contribution in [1.29, 1.82) is 0 Å². The van der Waals surface area contributed by atoms with Gasteiger partial charge in [0, 0.05) is 25.3 Å². The second-order valence-electron chi connectivity index (χ2n) is 9.08. The fraction of sp³-hybridized carbons (Fsp3) is 0.636. The molecule has 2 unspecified atom stereocenters. The van der Waals surface area contributed by atoms with E-state index in [0.29, 0.717) is 30.4 Å². The lowest BCUT2D eigenvalue weighted by atomic mass is 9.90. The lowest BCUT2D eigenvalue weighted by Gasteiger charge is -2.30. The summed E-state index contributed by atoms with van der Waals surface area (Å²) in [4.78, 5) is 6.64. The molecule has 2 atom stereocenters. The van der Waals surface area contributed by atoms with E-state index in [1.165, 1.54) is 18.6 Å². The molecule has 0 N–H and O–H groups in total. The number of rotatable bonds is 8. The first-order chi connectivity index (χ1) is 14.7. The van der Waals surface area contributed by atoms with E-state index in [-0.39, 0.29) is 16.6 Å². The topological polar surface area (TPSA) is 85.5 Å². The number of nitrogens with zero attached hydrogens (tertiary/aromatic N) is 3. The normalized spacial score (nSPS) is 22.2. The minimum absolute atomic E-state index is 0.0353. The number of hydrogen-bond donors (Lipinski definition) is 0. The SMILES string of the molecule is CC(C)c1noc(N2CCC(C3CC3CCOc3ccc(S(C)(=O)=O)cc3F)CC2)n1. The van der Waals surface area contributed by atoms with Crippen LogP contribution in [0.15, 0.2) is 27.6 Å². The van der Waals surface area contributed by atoms with Crippen molar-refractivity contribution in [2.45, 2.75) is 50.3 Å². The maximum Gasteiger partial charge on any atom is 0.324 e. The molecule has 1 aromatic carbocycles. The molecule has 170 valence electrons. The number of ether oxygens (including phenoxy) is 1. The predicted octanol–water partition coefficient (Wildman–Crippen LogP) is 4.06. The van der Waals surface area contributed by atoms with Crippen LogP contribution in [0.5, 0.6) is 5.75 Å². The first kappa shape index (κ1) is 22.0. The number of aromatic nitrogens is 2. The number of sulfone groups is 1. The van der Waals surface area contributed by atoms with E-state index in [1.807, 2.05) is 0 Å². The maximum atomic E-state index is 14.1. The molecule has 1 aliphatic heterocycles. The molecule has 1 aliphatic carbocycles. The summed E-state index contributed by atoms with van der Waals surface area (Å²) in [6.45, 7) is 6.41. The molecule has 4 rings (SSSR count). The Balaban J connectivity index is 1.20. The Labute approximate surface area is 182 Å². The molecule has 2 fully saturated rings. The van der Waals surface area contributed by atoms with Crippen LogP contribution in [0.25, 0.3) is 0 Å². The summed E-state index contributed by atoms with van der Waals surface area (Å²) in [5.41, 5.74) is 0. The number of anilines is 1. The lowest BCUT2D eigenvalue weighted by molar-refractivity contribution is 0.272. The maximum absolute atomic E-state index is 14.1. The Kier molecular flexibility index (Phi) is 6.23. The van der Waals surface area contributed by atoms with E-state index in [0.717, 1.165) is 50.5 Å². The van der Waals surface area contributed by atoms with E-state index < -0.39 is 15.7 Å². The van der Waals surface area contributed by atoms with E-state index in [2.05, 4.69) is 28.9 Å². The van der Waals surface area contributed by atoms with Gasteiger partial charge >= 0.3 is 6.01 Å². The van der Waals surface area contributed by atoms with Gasteiger partial charge in [-0.25, -0.2) is 12.8 Å². The Bertz CT molecular complexity index is 1020. The summed E-state index contributed by atoms with van der Waals surface area (Å²) in [5, 5.41) is 4.05. The van der Waals surface area contributed by atoms with Gasteiger partial charge in [0.05, 0.1) is 11.5 Å². The van der Waals surface area contributed by atoms with Crippen molar-refractivity contribution in [3.63, 3.8) is 0 Å². The van der Waals surface area contributed by atoms with Crippen molar-refractivity contribution in [1.82, 2.24) is 10.1 Å². The highest BCUT2D eigenvalue weighted by Crippen LogP contribution is 2.50. The van der Waals surface area contributed by atoms with Gasteiger partial charge in [0.15, 0.2) is 27.2 Å². The Morgan fingerprint density at radius 3 is 2.65 bits per heavy atom. The Hall–Kier alpha value is -2.16. The molecule has 7 nitrogen and oxygen atoms in total. The molecule has 0 spiro atoms. The molecule has 31 heavy (non-hydrogen) atoms. The molecular formula is C22H30FN3O4S. The summed E-state index contributed by atoms with van der Waals surface area (Å²) in [5.74, 6) is 2.50. The van der Waals surface area contributed by atoms with Gasteiger partial charge in [-0.3, -0.25) is 0 Å². The van der Waals surface area contributed by atoms with Crippen LogP contribution in [0.3, 0.4) is 0 Å². The highest BCUT2D eigenvalue weighted by molar-refractivity contribution is 7.90. The predicted molar refractivity (Wildman–Crippen MR) is 115 cm³/mol. The Morgan fingerprint density at radius 1 is 1.29 bits per heavy atom. The first-order valence-corrected chi connectivity index (χ1v) is 12.8. The standard InChI is InChI=1S/C22H30FN3O4S/c1-14(2)21-24-22(30-25-21)26-9-6-15(7-10-26)18-12-16(18)8-11-29-20-5-4-17(13-19(20)23)31(3,27)28/h4-5,13-16,18H,6-12H2,1-3H3. The van der Waals surface area contributed by atoms with E-state index in [4.69, 9.17) is 9.26 Å². The molecule has 0 bridgehead atoms. The van der Waals surface area contributed by atoms with Crippen LogP contribution in [-0.4, -0.2) is 44.5 Å². The number of hydrogen-bond acceptors (Lipinski definition) is 7. The van der Waals surface area contributed by atoms with E-state index in [9.17, 15) is 12.8 Å². The van der Waals surface area contributed by atoms with Crippen LogP contribution < -0.4 is 9.64 Å². The van der Waals surface area contributed by atoms with Gasteiger partial charge in [0.1, 0.15) is 0 Å². The highest BCUT2D eigenvalue weighted by atomic mass is 32.2. The van der Waals surface area contributed by atoms with Gasteiger partial charge < -0.3 is 14.2 Å². The monoisotopic (exact) mass is 451 g/mol. The lowest BCUT2D eigenvalue weighted by Crippen LogP contribution is -2.34. The average molecular weight is 452 g/mol. The van der Waals surface area contributed by atoms with Crippen molar-refractivity contribution < 1.29 is 22.1 Å². The number of benzene rings is 1. The summed E-state index contributed by atoms with van der Waals surface area (Å²) < 4.78 is 48.1. The molecule has 0 radical (unpaired) electrons. The van der Waals surface area contributed by atoms with Crippen molar-refractivity contribution in [2.75, 3.05) is 30.9 Å². The van der Waals surface area contributed by atoms with Crippen LogP contribution >= 0.6 is 0 Å². The van der Waals surface area contributed by atoms with Crippen LogP contribution in [-0.2, 0) is 9.84 Å². The number of halogens is 1. The van der Waals surface area contributed by atoms with Crippen molar-refractivity contribution in [3.05, 3.63) is 29.8 Å². The molecule has 1 saturated carbocycles. The molecule has 0 amide bonds. The molecule has 2 heterocycles. The summed E-state index contributed by atoms with van der Waals surface area (Å²) >= 11 is 0. The van der Waals surface area contributed by atoms with Crippen LogP contribution in [0.2, 0.25) is 0 Å². The second kappa shape index (κ2) is 8.76. The minimum Gasteiger partial charge on any atom is -0.491 e. The second-order valence-corrected chi connectivity index (χ2v) is 11.1. The molecule has 1 aromatic heterocycles. The molecule has 9 heteroatoms. The third-order valence-corrected chi connectivity index (χ3v) is 7.53. The molecule has 1 saturated heterocycles. The molecule has 2 aliphatic rings. The van der Waals surface area contributed by atoms with Gasteiger partial charge in [-0.1, -0.05) is 19.0 Å². The van der Waals surface area contributed by atoms with E-state index >= 15 is 0 Å². The third-order valence-electron chi connectivity index (χ3n) is 6.42. The van der Waals surface area contributed by atoms with Crippen LogP contribution in [0.1, 0.15) is 51.3 Å². The molecule has 2 aromatic rings.